The highest BCUT2D eigenvalue weighted by molar-refractivity contribution is 7.18. The maximum absolute atomic E-state index is 5.65. The largest absolute Gasteiger partial charge is 0.460 e. The average Bonchev–Trinajstić information content (AvgIpc) is 2.71. The van der Waals surface area contributed by atoms with Gasteiger partial charge in [0.05, 0.1) is 10.6 Å². The van der Waals surface area contributed by atoms with Gasteiger partial charge in [0.25, 0.3) is 0 Å². The van der Waals surface area contributed by atoms with E-state index in [1.54, 1.807) is 12.4 Å². The molecule has 0 amide bonds. The summed E-state index contributed by atoms with van der Waals surface area (Å²) < 4.78 is 5.65. The molecule has 2 aromatic rings. The molecule has 2 aromatic heterocycles. The van der Waals surface area contributed by atoms with Crippen LogP contribution in [0.25, 0.3) is 10.6 Å². The predicted octanol–water partition coefficient (Wildman–Crippen LogP) is 2.11. The number of nitrogens with zero attached hydrogens (tertiary/aromatic N) is 3. The second kappa shape index (κ2) is 4.29. The number of anilines is 1. The van der Waals surface area contributed by atoms with Crippen LogP contribution in [0.4, 0.5) is 5.13 Å². The van der Waals surface area contributed by atoms with Gasteiger partial charge in [-0.3, -0.25) is 0 Å². The number of hydrogen-bond donors (Lipinski definition) is 1. The first-order valence-corrected chi connectivity index (χ1v) is 6.34. The molecule has 2 heterocycles. The normalized spacial score (nSPS) is 15.5. The molecule has 1 saturated carbocycles. The molecule has 0 atom stereocenters. The van der Waals surface area contributed by atoms with Crippen molar-refractivity contribution in [1.29, 1.82) is 0 Å². The summed E-state index contributed by atoms with van der Waals surface area (Å²) in [5.41, 5.74) is 6.41. The fourth-order valence-electron chi connectivity index (χ4n) is 1.58. The molecule has 3 rings (SSSR count). The van der Waals surface area contributed by atoms with Crippen LogP contribution in [0.2, 0.25) is 0 Å². The van der Waals surface area contributed by atoms with Crippen molar-refractivity contribution in [3.8, 4) is 16.6 Å². The molecule has 0 radical (unpaired) electrons. The van der Waals surface area contributed by atoms with Crippen LogP contribution >= 0.6 is 11.3 Å². The van der Waals surface area contributed by atoms with E-state index in [0.29, 0.717) is 11.1 Å². The van der Waals surface area contributed by atoms with E-state index < -0.39 is 0 Å². The van der Waals surface area contributed by atoms with Crippen LogP contribution in [-0.4, -0.2) is 21.1 Å². The second-order valence-corrected chi connectivity index (χ2v) is 5.02. The van der Waals surface area contributed by atoms with E-state index in [4.69, 9.17) is 10.5 Å². The van der Waals surface area contributed by atoms with Gasteiger partial charge in [0.15, 0.2) is 5.13 Å². The number of aromatic nitrogens is 3. The summed E-state index contributed by atoms with van der Waals surface area (Å²) >= 11 is 1.41. The lowest BCUT2D eigenvalue weighted by Gasteiger charge is -2.24. The zero-order chi connectivity index (χ0) is 11.7. The van der Waals surface area contributed by atoms with Crippen molar-refractivity contribution in [2.75, 3.05) is 5.73 Å². The Kier molecular flexibility index (Phi) is 2.64. The van der Waals surface area contributed by atoms with Gasteiger partial charge < -0.3 is 10.5 Å². The van der Waals surface area contributed by atoms with Crippen LogP contribution in [0.1, 0.15) is 19.3 Å². The number of hydrogen-bond acceptors (Lipinski definition) is 6. The van der Waals surface area contributed by atoms with Crippen molar-refractivity contribution in [2.24, 2.45) is 0 Å². The third-order valence-electron chi connectivity index (χ3n) is 2.73. The molecular formula is C11H12N4OS. The summed E-state index contributed by atoms with van der Waals surface area (Å²) in [6.07, 6.45) is 7.14. The molecule has 6 heteroatoms. The number of rotatable bonds is 3. The van der Waals surface area contributed by atoms with Gasteiger partial charge in [-0.05, 0) is 25.3 Å². The van der Waals surface area contributed by atoms with Gasteiger partial charge >= 0.3 is 6.01 Å². The molecule has 0 aromatic carbocycles. The van der Waals surface area contributed by atoms with Crippen LogP contribution in [0, 0.1) is 0 Å². The Morgan fingerprint density at radius 2 is 2.24 bits per heavy atom. The molecule has 17 heavy (non-hydrogen) atoms. The molecule has 0 aliphatic heterocycles. The van der Waals surface area contributed by atoms with E-state index in [-0.39, 0.29) is 6.10 Å². The lowest BCUT2D eigenvalue weighted by atomic mass is 9.96. The standard InChI is InChI=1S/C11H12N4OS/c12-10-14-6-9(17-10)8-4-5-13-11(15-8)16-7-2-1-3-7/h4-7H,1-3H2,(H2,12,14). The van der Waals surface area contributed by atoms with Gasteiger partial charge in [0.1, 0.15) is 6.10 Å². The van der Waals surface area contributed by atoms with Crippen molar-refractivity contribution in [3.05, 3.63) is 18.5 Å². The van der Waals surface area contributed by atoms with Crippen molar-refractivity contribution in [1.82, 2.24) is 15.0 Å². The van der Waals surface area contributed by atoms with Gasteiger partial charge in [-0.15, -0.1) is 0 Å². The summed E-state index contributed by atoms with van der Waals surface area (Å²) in [6, 6.07) is 2.28. The zero-order valence-electron chi connectivity index (χ0n) is 9.17. The van der Waals surface area contributed by atoms with E-state index in [0.717, 1.165) is 23.4 Å². The third-order valence-corrected chi connectivity index (χ3v) is 3.58. The van der Waals surface area contributed by atoms with Gasteiger partial charge in [0.2, 0.25) is 0 Å². The number of thiazole rings is 1. The molecule has 0 unspecified atom stereocenters. The smallest absolute Gasteiger partial charge is 0.317 e. The summed E-state index contributed by atoms with van der Waals surface area (Å²) in [5, 5.41) is 0.542. The Bertz CT molecular complexity index is 524. The Hall–Kier alpha value is -1.69. The fourth-order valence-corrected chi connectivity index (χ4v) is 2.23. The average molecular weight is 248 g/mol. The molecule has 1 fully saturated rings. The van der Waals surface area contributed by atoms with Crippen LogP contribution in [0.3, 0.4) is 0 Å². The quantitative estimate of drug-likeness (QED) is 0.900. The van der Waals surface area contributed by atoms with Crippen molar-refractivity contribution >= 4 is 16.5 Å². The van der Waals surface area contributed by atoms with E-state index in [1.807, 2.05) is 6.07 Å². The molecule has 88 valence electrons. The number of nitrogens with two attached hydrogens (primary N) is 1. The maximum Gasteiger partial charge on any atom is 0.317 e. The minimum Gasteiger partial charge on any atom is -0.460 e. The van der Waals surface area contributed by atoms with E-state index in [1.165, 1.54) is 17.8 Å². The minimum absolute atomic E-state index is 0.289. The highest BCUT2D eigenvalue weighted by atomic mass is 32.1. The van der Waals surface area contributed by atoms with Crippen LogP contribution < -0.4 is 10.5 Å². The highest BCUT2D eigenvalue weighted by Crippen LogP contribution is 2.27. The molecule has 0 bridgehead atoms. The summed E-state index contributed by atoms with van der Waals surface area (Å²) in [6.45, 7) is 0. The molecule has 2 N–H and O–H groups in total. The Morgan fingerprint density at radius 1 is 1.35 bits per heavy atom. The first-order chi connectivity index (χ1) is 8.31. The number of nitrogen functional groups attached to an aromatic ring is 1. The molecule has 5 nitrogen and oxygen atoms in total. The van der Waals surface area contributed by atoms with Gasteiger partial charge in [0, 0.05) is 12.4 Å². The molecule has 0 spiro atoms. The first-order valence-electron chi connectivity index (χ1n) is 5.52. The third kappa shape index (κ3) is 2.21. The van der Waals surface area contributed by atoms with Gasteiger partial charge in [-0.1, -0.05) is 11.3 Å². The Morgan fingerprint density at radius 3 is 2.88 bits per heavy atom. The zero-order valence-corrected chi connectivity index (χ0v) is 9.98. The van der Waals surface area contributed by atoms with E-state index in [9.17, 15) is 0 Å². The predicted molar refractivity (Wildman–Crippen MR) is 65.8 cm³/mol. The molecule has 1 aliphatic rings. The molecule has 1 aliphatic carbocycles. The lowest BCUT2D eigenvalue weighted by molar-refractivity contribution is 0.108. The van der Waals surface area contributed by atoms with Gasteiger partial charge in [-0.25, -0.2) is 9.97 Å². The topological polar surface area (TPSA) is 73.9 Å². The Labute approximate surface area is 103 Å². The maximum atomic E-state index is 5.65. The molecule has 0 saturated heterocycles. The Balaban J connectivity index is 1.82. The monoisotopic (exact) mass is 248 g/mol. The van der Waals surface area contributed by atoms with Crippen LogP contribution in [-0.2, 0) is 0 Å². The number of ether oxygens (including phenoxy) is 1. The fraction of sp³-hybridized carbons (Fsp3) is 0.364. The van der Waals surface area contributed by atoms with Crippen LogP contribution in [0.5, 0.6) is 6.01 Å². The van der Waals surface area contributed by atoms with Crippen LogP contribution in [0.15, 0.2) is 18.5 Å². The van der Waals surface area contributed by atoms with Crippen molar-refractivity contribution in [3.63, 3.8) is 0 Å². The SMILES string of the molecule is Nc1ncc(-c2ccnc(OC3CCC3)n2)s1. The second-order valence-electron chi connectivity index (χ2n) is 3.96. The molecular weight excluding hydrogens is 236 g/mol. The highest BCUT2D eigenvalue weighted by Gasteiger charge is 2.20. The summed E-state index contributed by atoms with van der Waals surface area (Å²) in [7, 11) is 0. The first kappa shape index (κ1) is 10.5. The lowest BCUT2D eigenvalue weighted by Crippen LogP contribution is -2.25. The summed E-state index contributed by atoms with van der Waals surface area (Å²) in [4.78, 5) is 13.4. The van der Waals surface area contributed by atoms with E-state index >= 15 is 0 Å². The van der Waals surface area contributed by atoms with Gasteiger partial charge in [-0.2, -0.15) is 4.98 Å². The van der Waals surface area contributed by atoms with Crippen molar-refractivity contribution < 1.29 is 4.74 Å². The van der Waals surface area contributed by atoms with Crippen molar-refractivity contribution in [2.45, 2.75) is 25.4 Å². The minimum atomic E-state index is 0.289. The van der Waals surface area contributed by atoms with E-state index in [2.05, 4.69) is 15.0 Å². The summed E-state index contributed by atoms with van der Waals surface area (Å²) in [5.74, 6) is 0.